The van der Waals surface area contributed by atoms with Gasteiger partial charge in [-0.1, -0.05) is 25.9 Å². The maximum atomic E-state index is 9.93. The zero-order valence-electron chi connectivity index (χ0n) is 10.2. The van der Waals surface area contributed by atoms with E-state index in [2.05, 4.69) is 10.1 Å². The first-order valence-corrected chi connectivity index (χ1v) is 5.50. The number of hydrogen-bond acceptors (Lipinski definition) is 5. The number of hydrogen-bond donors (Lipinski definition) is 1. The highest BCUT2D eigenvalue weighted by Gasteiger charge is 2.24. The van der Waals surface area contributed by atoms with Crippen LogP contribution in [0, 0.1) is 5.41 Å². The van der Waals surface area contributed by atoms with Crippen molar-refractivity contribution in [1.82, 2.24) is 10.1 Å². The second-order valence-corrected chi connectivity index (χ2v) is 5.11. The first kappa shape index (κ1) is 11.9. The van der Waals surface area contributed by atoms with Crippen molar-refractivity contribution in [3.63, 3.8) is 0 Å². The molecule has 2 aromatic heterocycles. The maximum absolute atomic E-state index is 9.93. The van der Waals surface area contributed by atoms with E-state index in [1.54, 1.807) is 18.6 Å². The van der Waals surface area contributed by atoms with Crippen LogP contribution in [0.1, 0.15) is 26.7 Å². The third-order valence-corrected chi connectivity index (χ3v) is 2.62. The lowest BCUT2D eigenvalue weighted by Crippen LogP contribution is -2.28. The fraction of sp³-hybridized carbons (Fsp3) is 0.500. The fourth-order valence-corrected chi connectivity index (χ4v) is 1.32. The molecule has 0 radical (unpaired) electrons. The highest BCUT2D eigenvalue weighted by atomic mass is 16.5. The lowest BCUT2D eigenvalue weighted by atomic mass is 9.87. The van der Waals surface area contributed by atoms with Crippen molar-refractivity contribution >= 4 is 0 Å². The summed E-state index contributed by atoms with van der Waals surface area (Å²) in [6, 6.07) is 1.76. The Morgan fingerprint density at radius 3 is 2.76 bits per heavy atom. The molecular formula is C12H16N2O3. The largest absolute Gasteiger partial charge is 0.472 e. The summed E-state index contributed by atoms with van der Waals surface area (Å²) in [7, 11) is 0. The van der Waals surface area contributed by atoms with E-state index in [1.807, 2.05) is 20.8 Å². The van der Waals surface area contributed by atoms with Crippen LogP contribution in [0.2, 0.25) is 0 Å². The van der Waals surface area contributed by atoms with Crippen molar-refractivity contribution in [3.05, 3.63) is 24.5 Å². The summed E-state index contributed by atoms with van der Waals surface area (Å²) in [5.74, 6) is 0.915. The molecule has 1 unspecified atom stereocenters. The minimum absolute atomic E-state index is 0.204. The minimum atomic E-state index is -0.514. The standard InChI is InChI=1S/C12H16N2O3/c1-12(2,3)9(15)6-10-13-11(14-17-10)8-4-5-16-7-8/h4-5,7,9,15H,6H2,1-3H3. The van der Waals surface area contributed by atoms with Crippen LogP contribution in [0.15, 0.2) is 27.5 Å². The van der Waals surface area contributed by atoms with E-state index in [0.29, 0.717) is 18.1 Å². The van der Waals surface area contributed by atoms with Gasteiger partial charge in [0.05, 0.1) is 24.4 Å². The average molecular weight is 236 g/mol. The van der Waals surface area contributed by atoms with Gasteiger partial charge in [-0.2, -0.15) is 4.98 Å². The monoisotopic (exact) mass is 236 g/mol. The van der Waals surface area contributed by atoms with Crippen LogP contribution in [-0.2, 0) is 6.42 Å². The topological polar surface area (TPSA) is 72.3 Å². The van der Waals surface area contributed by atoms with E-state index in [1.165, 1.54) is 0 Å². The third-order valence-electron chi connectivity index (χ3n) is 2.62. The summed E-state index contributed by atoms with van der Waals surface area (Å²) in [6.45, 7) is 5.89. The maximum Gasteiger partial charge on any atom is 0.229 e. The molecule has 2 heterocycles. The van der Waals surface area contributed by atoms with Crippen LogP contribution in [0.25, 0.3) is 11.4 Å². The number of aliphatic hydroxyl groups is 1. The molecule has 0 aliphatic rings. The van der Waals surface area contributed by atoms with E-state index in [9.17, 15) is 5.11 Å². The summed E-state index contributed by atoms with van der Waals surface area (Å²) < 4.78 is 10.0. The number of furan rings is 1. The van der Waals surface area contributed by atoms with Gasteiger partial charge in [-0.15, -0.1) is 0 Å². The molecule has 0 aliphatic carbocycles. The van der Waals surface area contributed by atoms with E-state index in [-0.39, 0.29) is 5.41 Å². The van der Waals surface area contributed by atoms with Crippen LogP contribution in [0.3, 0.4) is 0 Å². The van der Waals surface area contributed by atoms with E-state index in [0.717, 1.165) is 5.56 Å². The van der Waals surface area contributed by atoms with Gasteiger partial charge in [-0.25, -0.2) is 0 Å². The van der Waals surface area contributed by atoms with Crippen molar-refractivity contribution in [2.45, 2.75) is 33.3 Å². The van der Waals surface area contributed by atoms with Gasteiger partial charge in [0.25, 0.3) is 0 Å². The van der Waals surface area contributed by atoms with Gasteiger partial charge in [0.15, 0.2) is 0 Å². The van der Waals surface area contributed by atoms with Crippen LogP contribution >= 0.6 is 0 Å². The van der Waals surface area contributed by atoms with Gasteiger partial charge in [-0.3, -0.25) is 0 Å². The summed E-state index contributed by atoms with van der Waals surface area (Å²) in [5.41, 5.74) is 0.565. The number of aliphatic hydroxyl groups excluding tert-OH is 1. The molecule has 5 nitrogen and oxygen atoms in total. The molecule has 0 aromatic carbocycles. The zero-order chi connectivity index (χ0) is 12.5. The summed E-state index contributed by atoms with van der Waals surface area (Å²) in [5, 5.41) is 13.8. The van der Waals surface area contributed by atoms with E-state index in [4.69, 9.17) is 8.94 Å². The average Bonchev–Trinajstić information content (AvgIpc) is 2.83. The predicted molar refractivity (Wildman–Crippen MR) is 61.2 cm³/mol. The quantitative estimate of drug-likeness (QED) is 0.885. The molecule has 0 saturated carbocycles. The Hall–Kier alpha value is -1.62. The van der Waals surface area contributed by atoms with Gasteiger partial charge >= 0.3 is 0 Å². The first-order chi connectivity index (χ1) is 7.97. The van der Waals surface area contributed by atoms with E-state index >= 15 is 0 Å². The van der Waals surface area contributed by atoms with Crippen LogP contribution < -0.4 is 0 Å². The molecule has 0 saturated heterocycles. The lowest BCUT2D eigenvalue weighted by Gasteiger charge is -2.24. The molecule has 0 spiro atoms. The molecule has 92 valence electrons. The van der Waals surface area contributed by atoms with Gasteiger partial charge in [0, 0.05) is 0 Å². The highest BCUT2D eigenvalue weighted by Crippen LogP contribution is 2.23. The highest BCUT2D eigenvalue weighted by molar-refractivity contribution is 5.51. The zero-order valence-corrected chi connectivity index (χ0v) is 10.2. The van der Waals surface area contributed by atoms with Crippen LogP contribution in [-0.4, -0.2) is 21.4 Å². The number of aromatic nitrogens is 2. The van der Waals surface area contributed by atoms with Crippen molar-refractivity contribution in [1.29, 1.82) is 0 Å². The van der Waals surface area contributed by atoms with E-state index < -0.39 is 6.10 Å². The Kier molecular flexibility index (Phi) is 3.02. The van der Waals surface area contributed by atoms with Gasteiger partial charge in [0.2, 0.25) is 11.7 Å². The van der Waals surface area contributed by atoms with Gasteiger partial charge in [-0.05, 0) is 11.5 Å². The van der Waals surface area contributed by atoms with Crippen LogP contribution in [0.5, 0.6) is 0 Å². The van der Waals surface area contributed by atoms with Gasteiger partial charge < -0.3 is 14.0 Å². The Labute approximate surface area is 99.5 Å². The molecule has 0 bridgehead atoms. The van der Waals surface area contributed by atoms with Gasteiger partial charge in [0.1, 0.15) is 6.26 Å². The molecule has 1 N–H and O–H groups in total. The molecule has 0 aliphatic heterocycles. The molecular weight excluding hydrogens is 220 g/mol. The molecule has 1 atom stereocenters. The molecule has 2 rings (SSSR count). The van der Waals surface area contributed by atoms with Crippen molar-refractivity contribution in [3.8, 4) is 11.4 Å². The summed E-state index contributed by atoms with van der Waals surface area (Å²) in [6.07, 6.45) is 2.94. The van der Waals surface area contributed by atoms with Crippen molar-refractivity contribution in [2.24, 2.45) is 5.41 Å². The Balaban J connectivity index is 2.09. The second-order valence-electron chi connectivity index (χ2n) is 5.11. The van der Waals surface area contributed by atoms with Crippen molar-refractivity contribution in [2.75, 3.05) is 0 Å². The molecule has 17 heavy (non-hydrogen) atoms. The molecule has 5 heteroatoms. The number of rotatable bonds is 3. The SMILES string of the molecule is CC(C)(C)C(O)Cc1nc(-c2ccoc2)no1. The Morgan fingerprint density at radius 1 is 1.41 bits per heavy atom. The lowest BCUT2D eigenvalue weighted by molar-refractivity contribution is 0.0565. The summed E-state index contributed by atoms with van der Waals surface area (Å²) in [4.78, 5) is 4.21. The molecule has 0 amide bonds. The predicted octanol–water partition coefficient (Wildman–Crippen LogP) is 2.28. The third kappa shape index (κ3) is 2.74. The minimum Gasteiger partial charge on any atom is -0.472 e. The Bertz CT molecular complexity index is 468. The van der Waals surface area contributed by atoms with Crippen molar-refractivity contribution < 1.29 is 14.0 Å². The normalized spacial score (nSPS) is 13.9. The van der Waals surface area contributed by atoms with Crippen LogP contribution in [0.4, 0.5) is 0 Å². The smallest absolute Gasteiger partial charge is 0.229 e. The second kappa shape index (κ2) is 4.33. The Morgan fingerprint density at radius 2 is 2.18 bits per heavy atom. The number of nitrogens with zero attached hydrogens (tertiary/aromatic N) is 2. The summed E-state index contributed by atoms with van der Waals surface area (Å²) >= 11 is 0. The molecule has 2 aromatic rings. The molecule has 0 fully saturated rings. The first-order valence-electron chi connectivity index (χ1n) is 5.50. The fourth-order valence-electron chi connectivity index (χ4n) is 1.32.